The first kappa shape index (κ1) is 17.4. The van der Waals surface area contributed by atoms with E-state index in [4.69, 9.17) is 15.2 Å². The lowest BCUT2D eigenvalue weighted by molar-refractivity contribution is 0.293. The Balaban J connectivity index is 2.07. The summed E-state index contributed by atoms with van der Waals surface area (Å²) in [4.78, 5) is 0. The molecule has 23 heavy (non-hydrogen) atoms. The fourth-order valence-electron chi connectivity index (χ4n) is 2.90. The molecule has 3 nitrogen and oxygen atoms in total. The third kappa shape index (κ3) is 4.26. The van der Waals surface area contributed by atoms with Crippen LogP contribution in [0.4, 0.5) is 0 Å². The summed E-state index contributed by atoms with van der Waals surface area (Å²) in [5.41, 5.74) is 10.7. The number of ether oxygens (including phenoxy) is 2. The number of rotatable bonds is 7. The fourth-order valence-corrected chi connectivity index (χ4v) is 2.90. The van der Waals surface area contributed by atoms with E-state index in [1.165, 1.54) is 22.3 Å². The van der Waals surface area contributed by atoms with E-state index in [0.717, 1.165) is 17.9 Å². The minimum absolute atomic E-state index is 0.231. The molecule has 0 heterocycles. The molecule has 0 aliphatic rings. The maximum atomic E-state index is 6.03. The van der Waals surface area contributed by atoms with E-state index in [9.17, 15) is 0 Å². The van der Waals surface area contributed by atoms with Crippen LogP contribution in [-0.2, 0) is 0 Å². The summed E-state index contributed by atoms with van der Waals surface area (Å²) >= 11 is 0. The van der Waals surface area contributed by atoms with E-state index in [0.29, 0.717) is 13.2 Å². The molecule has 0 saturated heterocycles. The molecule has 0 radical (unpaired) electrons. The van der Waals surface area contributed by atoms with Crippen LogP contribution in [0.15, 0.2) is 36.4 Å². The molecular weight excluding hydrogens is 286 g/mol. The van der Waals surface area contributed by atoms with Gasteiger partial charge in [-0.25, -0.2) is 0 Å². The van der Waals surface area contributed by atoms with Gasteiger partial charge in [-0.1, -0.05) is 35.9 Å². The molecule has 0 saturated carbocycles. The maximum Gasteiger partial charge on any atom is 0.125 e. The molecule has 2 aromatic rings. The average Bonchev–Trinajstić information content (AvgIpc) is 2.54. The van der Waals surface area contributed by atoms with Crippen molar-refractivity contribution in [1.29, 1.82) is 0 Å². The molecule has 2 aromatic carbocycles. The first-order valence-electron chi connectivity index (χ1n) is 8.10. The molecular formula is C20H27NO2. The minimum atomic E-state index is 0.231. The SMILES string of the molecule is COc1ccc(C)cc1C(CN)CCOc1c(C)cccc1C. The molecule has 0 aliphatic carbocycles. The van der Waals surface area contributed by atoms with Crippen molar-refractivity contribution < 1.29 is 9.47 Å². The fraction of sp³-hybridized carbons (Fsp3) is 0.400. The monoisotopic (exact) mass is 313 g/mol. The second kappa shape index (κ2) is 8.02. The molecule has 2 N–H and O–H groups in total. The number of methoxy groups -OCH3 is 1. The van der Waals surface area contributed by atoms with Gasteiger partial charge in [0.2, 0.25) is 0 Å². The summed E-state index contributed by atoms with van der Waals surface area (Å²) in [5, 5.41) is 0. The standard InChI is InChI=1S/C20H27NO2/c1-14-8-9-19(22-4)18(12-14)17(13-21)10-11-23-20-15(2)6-5-7-16(20)3/h5-9,12,17H,10-11,13,21H2,1-4H3. The van der Waals surface area contributed by atoms with Crippen molar-refractivity contribution in [3.63, 3.8) is 0 Å². The van der Waals surface area contributed by atoms with Gasteiger partial charge in [-0.2, -0.15) is 0 Å². The molecule has 124 valence electrons. The zero-order valence-corrected chi connectivity index (χ0v) is 14.6. The van der Waals surface area contributed by atoms with Gasteiger partial charge in [-0.05, 0) is 56.5 Å². The van der Waals surface area contributed by atoms with Gasteiger partial charge in [0.05, 0.1) is 13.7 Å². The molecule has 0 aliphatic heterocycles. The van der Waals surface area contributed by atoms with Gasteiger partial charge in [-0.3, -0.25) is 0 Å². The molecule has 2 rings (SSSR count). The van der Waals surface area contributed by atoms with E-state index in [1.54, 1.807) is 7.11 Å². The molecule has 0 fully saturated rings. The second-order valence-corrected chi connectivity index (χ2v) is 6.04. The van der Waals surface area contributed by atoms with Crippen LogP contribution < -0.4 is 15.2 Å². The summed E-state index contributed by atoms with van der Waals surface area (Å²) in [6.07, 6.45) is 0.865. The molecule has 3 heteroatoms. The van der Waals surface area contributed by atoms with Gasteiger partial charge >= 0.3 is 0 Å². The molecule has 0 aromatic heterocycles. The first-order valence-corrected chi connectivity index (χ1v) is 8.10. The van der Waals surface area contributed by atoms with E-state index < -0.39 is 0 Å². The van der Waals surface area contributed by atoms with Crippen molar-refractivity contribution in [2.45, 2.75) is 33.1 Å². The third-order valence-electron chi connectivity index (χ3n) is 4.23. The quantitative estimate of drug-likeness (QED) is 0.836. The Morgan fingerprint density at radius 1 is 1.04 bits per heavy atom. The molecule has 1 atom stereocenters. The summed E-state index contributed by atoms with van der Waals surface area (Å²) in [6.45, 7) is 7.46. The number of aryl methyl sites for hydroxylation is 3. The van der Waals surface area contributed by atoms with Crippen LogP contribution >= 0.6 is 0 Å². The van der Waals surface area contributed by atoms with Gasteiger partial charge in [0.25, 0.3) is 0 Å². The number of hydrogen-bond acceptors (Lipinski definition) is 3. The van der Waals surface area contributed by atoms with E-state index in [2.05, 4.69) is 51.1 Å². The Bertz CT molecular complexity index is 632. The minimum Gasteiger partial charge on any atom is -0.496 e. The van der Waals surface area contributed by atoms with Crippen molar-refractivity contribution in [3.8, 4) is 11.5 Å². The van der Waals surface area contributed by atoms with E-state index in [1.807, 2.05) is 6.07 Å². The highest BCUT2D eigenvalue weighted by atomic mass is 16.5. The predicted octanol–water partition coefficient (Wildman–Crippen LogP) is 4.13. The van der Waals surface area contributed by atoms with Gasteiger partial charge in [0, 0.05) is 5.92 Å². The molecule has 1 unspecified atom stereocenters. The number of para-hydroxylation sites is 1. The summed E-state index contributed by atoms with van der Waals surface area (Å²) in [5.74, 6) is 2.12. The van der Waals surface area contributed by atoms with Crippen molar-refractivity contribution >= 4 is 0 Å². The normalized spacial score (nSPS) is 12.0. The predicted molar refractivity (Wildman–Crippen MR) is 95.6 cm³/mol. The van der Waals surface area contributed by atoms with Crippen molar-refractivity contribution in [1.82, 2.24) is 0 Å². The van der Waals surface area contributed by atoms with Gasteiger partial charge < -0.3 is 15.2 Å². The lowest BCUT2D eigenvalue weighted by Gasteiger charge is -2.20. The summed E-state index contributed by atoms with van der Waals surface area (Å²) < 4.78 is 11.5. The highest BCUT2D eigenvalue weighted by molar-refractivity contribution is 5.41. The van der Waals surface area contributed by atoms with Gasteiger partial charge in [0.1, 0.15) is 11.5 Å². The van der Waals surface area contributed by atoms with Crippen molar-refractivity contribution in [2.24, 2.45) is 5.73 Å². The Morgan fingerprint density at radius 3 is 2.35 bits per heavy atom. The Hall–Kier alpha value is -2.00. The molecule has 0 spiro atoms. The van der Waals surface area contributed by atoms with Gasteiger partial charge in [0.15, 0.2) is 0 Å². The zero-order chi connectivity index (χ0) is 16.8. The first-order chi connectivity index (χ1) is 11.1. The van der Waals surface area contributed by atoms with Crippen LogP contribution in [0.2, 0.25) is 0 Å². The maximum absolute atomic E-state index is 6.03. The third-order valence-corrected chi connectivity index (χ3v) is 4.23. The lowest BCUT2D eigenvalue weighted by atomic mass is 9.94. The van der Waals surface area contributed by atoms with Crippen LogP contribution in [0, 0.1) is 20.8 Å². The van der Waals surface area contributed by atoms with E-state index >= 15 is 0 Å². The van der Waals surface area contributed by atoms with Crippen LogP contribution in [0.5, 0.6) is 11.5 Å². The van der Waals surface area contributed by atoms with Crippen LogP contribution in [0.3, 0.4) is 0 Å². The molecule has 0 amide bonds. The smallest absolute Gasteiger partial charge is 0.125 e. The number of hydrogen-bond donors (Lipinski definition) is 1. The van der Waals surface area contributed by atoms with Crippen molar-refractivity contribution in [2.75, 3.05) is 20.3 Å². The Morgan fingerprint density at radius 2 is 1.74 bits per heavy atom. The Labute approximate surface area is 139 Å². The summed E-state index contributed by atoms with van der Waals surface area (Å²) in [6, 6.07) is 12.4. The highest BCUT2D eigenvalue weighted by Gasteiger charge is 2.16. The van der Waals surface area contributed by atoms with Gasteiger partial charge in [-0.15, -0.1) is 0 Å². The zero-order valence-electron chi connectivity index (χ0n) is 14.6. The second-order valence-electron chi connectivity index (χ2n) is 6.04. The summed E-state index contributed by atoms with van der Waals surface area (Å²) in [7, 11) is 1.70. The average molecular weight is 313 g/mol. The molecule has 0 bridgehead atoms. The van der Waals surface area contributed by atoms with Crippen LogP contribution in [-0.4, -0.2) is 20.3 Å². The lowest BCUT2D eigenvalue weighted by Crippen LogP contribution is -2.17. The highest BCUT2D eigenvalue weighted by Crippen LogP contribution is 2.30. The number of benzene rings is 2. The number of nitrogens with two attached hydrogens (primary N) is 1. The van der Waals surface area contributed by atoms with E-state index in [-0.39, 0.29) is 5.92 Å². The Kier molecular flexibility index (Phi) is 6.05. The van der Waals surface area contributed by atoms with Crippen LogP contribution in [0.1, 0.15) is 34.6 Å². The van der Waals surface area contributed by atoms with Crippen LogP contribution in [0.25, 0.3) is 0 Å². The topological polar surface area (TPSA) is 44.5 Å². The largest absolute Gasteiger partial charge is 0.496 e. The van der Waals surface area contributed by atoms with Crippen molar-refractivity contribution in [3.05, 3.63) is 58.7 Å².